The molecule has 0 aliphatic heterocycles. The standard InChI is InChI=1S/C8H6I2N2O2S/c9-3-1-4(7(13)14)6(5(10)2-3)12-8(11)15/h1-2H,(H,13,14)(H3,11,12,15). The van der Waals surface area contributed by atoms with Crippen molar-refractivity contribution >= 4 is 74.2 Å². The van der Waals surface area contributed by atoms with E-state index in [-0.39, 0.29) is 10.7 Å². The van der Waals surface area contributed by atoms with Crippen LogP contribution in [0.4, 0.5) is 5.69 Å². The first-order valence-corrected chi connectivity index (χ1v) is 6.27. The Morgan fingerprint density at radius 1 is 1.47 bits per heavy atom. The minimum absolute atomic E-state index is 0.0524. The Morgan fingerprint density at radius 2 is 2.07 bits per heavy atom. The van der Waals surface area contributed by atoms with Gasteiger partial charge < -0.3 is 16.2 Å². The molecule has 0 unspecified atom stereocenters. The minimum atomic E-state index is -1.01. The molecule has 0 fully saturated rings. The van der Waals surface area contributed by atoms with Crippen LogP contribution in [0.5, 0.6) is 0 Å². The van der Waals surface area contributed by atoms with Gasteiger partial charge >= 0.3 is 5.97 Å². The van der Waals surface area contributed by atoms with Gasteiger partial charge in [0.05, 0.1) is 11.3 Å². The van der Waals surface area contributed by atoms with E-state index in [2.05, 4.69) is 40.1 Å². The predicted molar refractivity (Wildman–Crippen MR) is 79.2 cm³/mol. The molecule has 0 aliphatic carbocycles. The van der Waals surface area contributed by atoms with E-state index < -0.39 is 5.97 Å². The molecule has 7 heteroatoms. The summed E-state index contributed by atoms with van der Waals surface area (Å²) in [7, 11) is 0. The van der Waals surface area contributed by atoms with Gasteiger partial charge in [0.25, 0.3) is 0 Å². The largest absolute Gasteiger partial charge is 0.478 e. The van der Waals surface area contributed by atoms with Crippen molar-refractivity contribution < 1.29 is 9.90 Å². The summed E-state index contributed by atoms with van der Waals surface area (Å²) in [5, 5.41) is 11.7. The van der Waals surface area contributed by atoms with Gasteiger partial charge in [-0.05, 0) is 69.5 Å². The van der Waals surface area contributed by atoms with Crippen LogP contribution in [0.25, 0.3) is 0 Å². The Labute approximate surface area is 119 Å². The van der Waals surface area contributed by atoms with Crippen LogP contribution in [0, 0.1) is 7.14 Å². The third kappa shape index (κ3) is 3.41. The van der Waals surface area contributed by atoms with Gasteiger partial charge in [0.1, 0.15) is 0 Å². The Kier molecular flexibility index (Phi) is 4.52. The Balaban J connectivity index is 3.33. The highest BCUT2D eigenvalue weighted by Gasteiger charge is 2.14. The van der Waals surface area contributed by atoms with Crippen LogP contribution in [0.1, 0.15) is 10.4 Å². The normalized spacial score (nSPS) is 9.73. The molecule has 1 rings (SSSR count). The molecule has 0 heterocycles. The first kappa shape index (κ1) is 12.9. The molecule has 0 spiro atoms. The zero-order chi connectivity index (χ0) is 11.6. The molecule has 0 radical (unpaired) electrons. The van der Waals surface area contributed by atoms with Crippen molar-refractivity contribution in [1.82, 2.24) is 0 Å². The number of hydrogen-bond donors (Lipinski definition) is 3. The topological polar surface area (TPSA) is 75.3 Å². The number of aromatic carboxylic acids is 1. The van der Waals surface area contributed by atoms with E-state index in [1.807, 2.05) is 28.7 Å². The third-order valence-corrected chi connectivity index (χ3v) is 3.11. The van der Waals surface area contributed by atoms with Crippen LogP contribution in [-0.4, -0.2) is 16.2 Å². The lowest BCUT2D eigenvalue weighted by atomic mass is 10.2. The maximum atomic E-state index is 11.0. The number of anilines is 1. The number of carboxylic acids is 1. The smallest absolute Gasteiger partial charge is 0.337 e. The van der Waals surface area contributed by atoms with Gasteiger partial charge in [-0.2, -0.15) is 0 Å². The van der Waals surface area contributed by atoms with Gasteiger partial charge in [-0.3, -0.25) is 0 Å². The van der Waals surface area contributed by atoms with Crippen molar-refractivity contribution in [3.8, 4) is 0 Å². The summed E-state index contributed by atoms with van der Waals surface area (Å²) in [5.74, 6) is -1.01. The second-order valence-corrected chi connectivity index (χ2v) is 5.45. The van der Waals surface area contributed by atoms with E-state index in [9.17, 15) is 4.79 Å². The van der Waals surface area contributed by atoms with Crippen molar-refractivity contribution in [2.45, 2.75) is 0 Å². The molecule has 0 amide bonds. The first-order valence-electron chi connectivity index (χ1n) is 3.70. The number of hydrogen-bond acceptors (Lipinski definition) is 2. The second kappa shape index (κ2) is 5.25. The fraction of sp³-hybridized carbons (Fsp3) is 0. The summed E-state index contributed by atoms with van der Waals surface area (Å²) in [4.78, 5) is 11.0. The first-order chi connectivity index (χ1) is 6.91. The molecule has 80 valence electrons. The maximum Gasteiger partial charge on any atom is 0.337 e. The summed E-state index contributed by atoms with van der Waals surface area (Å²) in [6.45, 7) is 0. The number of nitrogens with two attached hydrogens (primary N) is 1. The summed E-state index contributed by atoms with van der Waals surface area (Å²) in [6.07, 6.45) is 0. The summed E-state index contributed by atoms with van der Waals surface area (Å²) in [6, 6.07) is 3.40. The van der Waals surface area contributed by atoms with Gasteiger partial charge in [-0.25, -0.2) is 4.79 Å². The molecular formula is C8H6I2N2O2S. The lowest BCUT2D eigenvalue weighted by Crippen LogP contribution is -2.21. The minimum Gasteiger partial charge on any atom is -0.478 e. The van der Waals surface area contributed by atoms with Crippen LogP contribution in [0.15, 0.2) is 12.1 Å². The van der Waals surface area contributed by atoms with Crippen molar-refractivity contribution in [3.63, 3.8) is 0 Å². The molecule has 1 aromatic rings. The van der Waals surface area contributed by atoms with Crippen molar-refractivity contribution in [2.75, 3.05) is 5.32 Å². The molecular weight excluding hydrogens is 442 g/mol. The van der Waals surface area contributed by atoms with Gasteiger partial charge in [0.15, 0.2) is 5.11 Å². The van der Waals surface area contributed by atoms with Gasteiger partial charge in [-0.1, -0.05) is 0 Å². The van der Waals surface area contributed by atoms with E-state index >= 15 is 0 Å². The fourth-order valence-corrected chi connectivity index (χ4v) is 3.07. The number of nitrogens with one attached hydrogen (secondary N) is 1. The molecule has 4 nitrogen and oxygen atoms in total. The Bertz CT molecular complexity index is 437. The Morgan fingerprint density at radius 3 is 2.53 bits per heavy atom. The average molecular weight is 448 g/mol. The van der Waals surface area contributed by atoms with Crippen LogP contribution < -0.4 is 11.1 Å². The van der Waals surface area contributed by atoms with E-state index in [1.54, 1.807) is 6.07 Å². The summed E-state index contributed by atoms with van der Waals surface area (Å²) >= 11 is 8.77. The summed E-state index contributed by atoms with van der Waals surface area (Å²) in [5.41, 5.74) is 5.93. The molecule has 0 saturated carbocycles. The van der Waals surface area contributed by atoms with Crippen molar-refractivity contribution in [1.29, 1.82) is 0 Å². The summed E-state index contributed by atoms with van der Waals surface area (Å²) < 4.78 is 1.62. The molecule has 0 saturated heterocycles. The number of thiocarbonyl (C=S) groups is 1. The van der Waals surface area contributed by atoms with Crippen LogP contribution in [0.3, 0.4) is 0 Å². The SMILES string of the molecule is NC(=S)Nc1c(I)cc(I)cc1C(=O)O. The zero-order valence-corrected chi connectivity index (χ0v) is 12.4. The number of benzene rings is 1. The number of halogens is 2. The monoisotopic (exact) mass is 448 g/mol. The molecule has 1 aromatic carbocycles. The highest BCUT2D eigenvalue weighted by atomic mass is 127. The van der Waals surface area contributed by atoms with E-state index in [1.165, 1.54) is 0 Å². The van der Waals surface area contributed by atoms with Gasteiger partial charge in [0, 0.05) is 7.14 Å². The third-order valence-electron chi connectivity index (χ3n) is 1.53. The second-order valence-electron chi connectivity index (χ2n) is 2.60. The molecule has 0 aromatic heterocycles. The fourth-order valence-electron chi connectivity index (χ4n) is 0.993. The highest BCUT2D eigenvalue weighted by molar-refractivity contribution is 14.1. The molecule has 0 atom stereocenters. The lowest BCUT2D eigenvalue weighted by Gasteiger charge is -2.10. The number of rotatable bonds is 2. The van der Waals surface area contributed by atoms with E-state index in [0.717, 1.165) is 7.14 Å². The maximum absolute atomic E-state index is 11.0. The van der Waals surface area contributed by atoms with Gasteiger partial charge in [-0.15, -0.1) is 0 Å². The van der Waals surface area contributed by atoms with Crippen molar-refractivity contribution in [2.24, 2.45) is 5.73 Å². The zero-order valence-electron chi connectivity index (χ0n) is 7.25. The molecule has 4 N–H and O–H groups in total. The molecule has 0 aliphatic rings. The van der Waals surface area contributed by atoms with Crippen molar-refractivity contribution in [3.05, 3.63) is 24.8 Å². The van der Waals surface area contributed by atoms with Gasteiger partial charge in [0.2, 0.25) is 0 Å². The molecule has 15 heavy (non-hydrogen) atoms. The van der Waals surface area contributed by atoms with E-state index in [4.69, 9.17) is 10.8 Å². The average Bonchev–Trinajstić information content (AvgIpc) is 2.08. The Hall–Kier alpha value is -0.160. The molecule has 0 bridgehead atoms. The predicted octanol–water partition coefficient (Wildman–Crippen LogP) is 2.25. The number of carboxylic acid groups (broad SMARTS) is 1. The highest BCUT2D eigenvalue weighted by Crippen LogP contribution is 2.26. The quantitative estimate of drug-likeness (QED) is 0.479. The lowest BCUT2D eigenvalue weighted by molar-refractivity contribution is 0.0698. The number of carbonyl (C=O) groups is 1. The van der Waals surface area contributed by atoms with Crippen LogP contribution in [0.2, 0.25) is 0 Å². The van der Waals surface area contributed by atoms with Crippen LogP contribution in [-0.2, 0) is 0 Å². The van der Waals surface area contributed by atoms with E-state index in [0.29, 0.717) is 5.69 Å². The van der Waals surface area contributed by atoms with Crippen LogP contribution >= 0.6 is 57.4 Å².